The van der Waals surface area contributed by atoms with Crippen LogP contribution >= 0.6 is 11.6 Å². The molecule has 1 aromatic heterocycles. The van der Waals surface area contributed by atoms with Gasteiger partial charge in [0, 0.05) is 19.8 Å². The van der Waals surface area contributed by atoms with E-state index in [4.69, 9.17) is 16.3 Å². The van der Waals surface area contributed by atoms with Gasteiger partial charge < -0.3 is 9.30 Å². The molecule has 110 valence electrons. The molecule has 2 aromatic rings. The molecule has 0 spiro atoms. The number of hydrogen-bond donors (Lipinski definition) is 0. The van der Waals surface area contributed by atoms with Crippen LogP contribution < -0.4 is 0 Å². The van der Waals surface area contributed by atoms with Crippen molar-refractivity contribution in [2.24, 2.45) is 5.92 Å². The van der Waals surface area contributed by atoms with Gasteiger partial charge in [-0.15, -0.1) is 11.6 Å². The lowest BCUT2D eigenvalue weighted by molar-refractivity contribution is 0.183. The Balaban J connectivity index is 1.98. The number of hydrogen-bond acceptors (Lipinski definition) is 3. The van der Waals surface area contributed by atoms with Crippen LogP contribution in [0.4, 0.5) is 0 Å². The first-order chi connectivity index (χ1) is 10.2. The van der Waals surface area contributed by atoms with Crippen molar-refractivity contribution in [1.29, 1.82) is 5.26 Å². The Morgan fingerprint density at radius 2 is 2.43 bits per heavy atom. The minimum atomic E-state index is -0.177. The van der Waals surface area contributed by atoms with Gasteiger partial charge in [-0.25, -0.2) is 4.98 Å². The van der Waals surface area contributed by atoms with Gasteiger partial charge in [-0.1, -0.05) is 6.07 Å². The molecule has 1 saturated heterocycles. The monoisotopic (exact) mass is 303 g/mol. The first-order valence-electron chi connectivity index (χ1n) is 7.31. The highest BCUT2D eigenvalue weighted by atomic mass is 35.5. The number of ether oxygens (including phenoxy) is 1. The number of alkyl halides is 1. The lowest BCUT2D eigenvalue weighted by atomic mass is 10.1. The predicted molar refractivity (Wildman–Crippen MR) is 82.3 cm³/mol. The first-order valence-corrected chi connectivity index (χ1v) is 7.75. The topological polar surface area (TPSA) is 50.8 Å². The zero-order chi connectivity index (χ0) is 14.8. The first kappa shape index (κ1) is 14.4. The smallest absolute Gasteiger partial charge is 0.127 e. The zero-order valence-corrected chi connectivity index (χ0v) is 12.8. The number of rotatable bonds is 4. The molecule has 2 atom stereocenters. The van der Waals surface area contributed by atoms with Crippen molar-refractivity contribution < 1.29 is 4.74 Å². The average molecular weight is 304 g/mol. The molecule has 2 heterocycles. The largest absolute Gasteiger partial charge is 0.381 e. The molecule has 0 radical (unpaired) electrons. The number of aryl methyl sites for hydroxylation is 1. The van der Waals surface area contributed by atoms with Crippen LogP contribution in [0.5, 0.6) is 0 Å². The van der Waals surface area contributed by atoms with E-state index in [2.05, 4.69) is 15.6 Å². The third-order valence-corrected chi connectivity index (χ3v) is 4.26. The maximum atomic E-state index is 9.23. The highest BCUT2D eigenvalue weighted by Gasteiger charge is 2.20. The Kier molecular flexibility index (Phi) is 4.14. The van der Waals surface area contributed by atoms with Gasteiger partial charge in [-0.3, -0.25) is 0 Å². The normalized spacial score (nSPS) is 19.8. The predicted octanol–water partition coefficient (Wildman–Crippen LogP) is 3.63. The van der Waals surface area contributed by atoms with Gasteiger partial charge in [0.1, 0.15) is 17.4 Å². The average Bonchev–Trinajstić information content (AvgIpc) is 3.11. The second-order valence-corrected chi connectivity index (χ2v) is 6.20. The molecule has 1 aliphatic rings. The molecule has 5 heteroatoms. The quantitative estimate of drug-likeness (QED) is 0.810. The molecule has 0 N–H and O–H groups in total. The van der Waals surface area contributed by atoms with E-state index in [0.717, 1.165) is 49.5 Å². The standard InChI is InChI=1S/C16H18ClN3O/c1-11(17)16-19-15-13(9-18)3-2-4-14(15)20(16)7-5-12-6-8-21-10-12/h2-4,11-12H,5-8,10H2,1H3. The molecular weight excluding hydrogens is 286 g/mol. The fraction of sp³-hybridized carbons (Fsp3) is 0.500. The van der Waals surface area contributed by atoms with Crippen molar-refractivity contribution in [1.82, 2.24) is 9.55 Å². The molecule has 21 heavy (non-hydrogen) atoms. The summed E-state index contributed by atoms with van der Waals surface area (Å²) in [5, 5.41) is 9.05. The van der Waals surface area contributed by atoms with Crippen LogP contribution in [0.3, 0.4) is 0 Å². The SMILES string of the molecule is CC(Cl)c1nc2c(C#N)cccc2n1CCC1CCOC1. The van der Waals surface area contributed by atoms with E-state index < -0.39 is 0 Å². The van der Waals surface area contributed by atoms with E-state index in [-0.39, 0.29) is 5.38 Å². The van der Waals surface area contributed by atoms with Crippen LogP contribution in [0.1, 0.15) is 36.5 Å². The number of fused-ring (bicyclic) bond motifs is 1. The third kappa shape index (κ3) is 2.76. The van der Waals surface area contributed by atoms with E-state index in [0.29, 0.717) is 11.5 Å². The summed E-state index contributed by atoms with van der Waals surface area (Å²) in [5.74, 6) is 1.45. The number of halogens is 1. The lowest BCUT2D eigenvalue weighted by Gasteiger charge is -2.13. The number of benzene rings is 1. The van der Waals surface area contributed by atoms with Crippen LogP contribution in [0, 0.1) is 17.2 Å². The van der Waals surface area contributed by atoms with Crippen molar-refractivity contribution in [2.75, 3.05) is 13.2 Å². The molecule has 0 aliphatic carbocycles. The molecule has 1 aromatic carbocycles. The second-order valence-electron chi connectivity index (χ2n) is 5.54. The number of imidazole rings is 1. The fourth-order valence-electron chi connectivity index (χ4n) is 2.92. The molecular formula is C16H18ClN3O. The Bertz CT molecular complexity index is 681. The van der Waals surface area contributed by atoms with E-state index >= 15 is 0 Å². The van der Waals surface area contributed by atoms with E-state index in [1.807, 2.05) is 19.1 Å². The van der Waals surface area contributed by atoms with Crippen molar-refractivity contribution in [3.8, 4) is 6.07 Å². The van der Waals surface area contributed by atoms with Gasteiger partial charge in [-0.05, 0) is 37.8 Å². The maximum Gasteiger partial charge on any atom is 0.127 e. The lowest BCUT2D eigenvalue weighted by Crippen LogP contribution is -2.09. The molecule has 0 saturated carbocycles. The molecule has 2 unspecified atom stereocenters. The Labute approximate surface area is 129 Å². The summed E-state index contributed by atoms with van der Waals surface area (Å²) in [7, 11) is 0. The summed E-state index contributed by atoms with van der Waals surface area (Å²) in [4.78, 5) is 4.61. The van der Waals surface area contributed by atoms with Crippen LogP contribution in [0.15, 0.2) is 18.2 Å². The van der Waals surface area contributed by atoms with Crippen LogP contribution in [-0.2, 0) is 11.3 Å². The van der Waals surface area contributed by atoms with Crippen LogP contribution in [0.25, 0.3) is 11.0 Å². The number of para-hydroxylation sites is 1. The van der Waals surface area contributed by atoms with E-state index in [1.165, 1.54) is 0 Å². The summed E-state index contributed by atoms with van der Waals surface area (Å²) in [6.45, 7) is 4.50. The van der Waals surface area contributed by atoms with Crippen LogP contribution in [0.2, 0.25) is 0 Å². The van der Waals surface area contributed by atoms with Crippen molar-refractivity contribution in [3.05, 3.63) is 29.6 Å². The molecule has 4 nitrogen and oxygen atoms in total. The minimum Gasteiger partial charge on any atom is -0.381 e. The summed E-state index contributed by atoms with van der Waals surface area (Å²) in [6, 6.07) is 7.92. The molecule has 0 bridgehead atoms. The second kappa shape index (κ2) is 6.05. The highest BCUT2D eigenvalue weighted by Crippen LogP contribution is 2.28. The number of nitriles is 1. The Morgan fingerprint density at radius 3 is 3.10 bits per heavy atom. The summed E-state index contributed by atoms with van der Waals surface area (Å²) in [6.07, 6.45) is 2.18. The Morgan fingerprint density at radius 1 is 1.57 bits per heavy atom. The van der Waals surface area contributed by atoms with Gasteiger partial charge in [0.25, 0.3) is 0 Å². The third-order valence-electron chi connectivity index (χ3n) is 4.07. The van der Waals surface area contributed by atoms with Gasteiger partial charge >= 0.3 is 0 Å². The summed E-state index contributed by atoms with van der Waals surface area (Å²) >= 11 is 6.28. The van der Waals surface area contributed by atoms with E-state index in [9.17, 15) is 5.26 Å². The van der Waals surface area contributed by atoms with Crippen molar-refractivity contribution >= 4 is 22.6 Å². The highest BCUT2D eigenvalue weighted by molar-refractivity contribution is 6.20. The van der Waals surface area contributed by atoms with Gasteiger partial charge in [0.2, 0.25) is 0 Å². The summed E-state index contributed by atoms with van der Waals surface area (Å²) in [5.41, 5.74) is 2.36. The van der Waals surface area contributed by atoms with Gasteiger partial charge in [-0.2, -0.15) is 5.26 Å². The fourth-order valence-corrected chi connectivity index (χ4v) is 3.08. The molecule has 1 aliphatic heterocycles. The van der Waals surface area contributed by atoms with Crippen molar-refractivity contribution in [2.45, 2.75) is 31.7 Å². The minimum absolute atomic E-state index is 0.177. The maximum absolute atomic E-state index is 9.23. The van der Waals surface area contributed by atoms with Crippen LogP contribution in [-0.4, -0.2) is 22.8 Å². The van der Waals surface area contributed by atoms with Gasteiger partial charge in [0.15, 0.2) is 0 Å². The number of nitrogens with zero attached hydrogens (tertiary/aromatic N) is 3. The molecule has 0 amide bonds. The van der Waals surface area contributed by atoms with Gasteiger partial charge in [0.05, 0.1) is 16.5 Å². The van der Waals surface area contributed by atoms with Crippen molar-refractivity contribution in [3.63, 3.8) is 0 Å². The summed E-state index contributed by atoms with van der Waals surface area (Å²) < 4.78 is 7.59. The molecule has 3 rings (SSSR count). The number of aromatic nitrogens is 2. The molecule has 1 fully saturated rings. The van der Waals surface area contributed by atoms with E-state index in [1.54, 1.807) is 6.07 Å². The zero-order valence-electron chi connectivity index (χ0n) is 12.1. The Hall–Kier alpha value is -1.57.